The monoisotopic (exact) mass is 255 g/mol. The molecule has 19 heavy (non-hydrogen) atoms. The number of primary amides is 1. The lowest BCUT2D eigenvalue weighted by molar-refractivity contribution is 0.0948. The second-order valence-corrected chi connectivity index (χ2v) is 3.99. The molecular formula is C14H13N3O2. The van der Waals surface area contributed by atoms with Crippen molar-refractivity contribution in [3.63, 3.8) is 0 Å². The van der Waals surface area contributed by atoms with E-state index in [1.165, 1.54) is 12.1 Å². The summed E-state index contributed by atoms with van der Waals surface area (Å²) < 4.78 is 0. The Morgan fingerprint density at radius 2 is 1.79 bits per heavy atom. The highest BCUT2D eigenvalue weighted by atomic mass is 16.2. The largest absolute Gasteiger partial charge is 0.366 e. The summed E-state index contributed by atoms with van der Waals surface area (Å²) in [5.41, 5.74) is 6.91. The molecule has 3 N–H and O–H groups in total. The zero-order valence-electron chi connectivity index (χ0n) is 10.2. The second kappa shape index (κ2) is 5.77. The van der Waals surface area contributed by atoms with Crippen molar-refractivity contribution in [2.24, 2.45) is 5.73 Å². The van der Waals surface area contributed by atoms with E-state index in [0.29, 0.717) is 17.7 Å². The first-order chi connectivity index (χ1) is 9.16. The van der Waals surface area contributed by atoms with Gasteiger partial charge < -0.3 is 11.1 Å². The molecule has 1 aromatic carbocycles. The van der Waals surface area contributed by atoms with E-state index in [1.807, 2.05) is 12.1 Å². The fraction of sp³-hybridized carbons (Fsp3) is 0.0714. The molecular weight excluding hydrogens is 242 g/mol. The number of benzene rings is 1. The van der Waals surface area contributed by atoms with Gasteiger partial charge in [-0.25, -0.2) is 0 Å². The summed E-state index contributed by atoms with van der Waals surface area (Å²) in [5, 5.41) is 2.77. The molecule has 0 spiro atoms. The summed E-state index contributed by atoms with van der Waals surface area (Å²) >= 11 is 0. The summed E-state index contributed by atoms with van der Waals surface area (Å²) in [7, 11) is 0. The van der Waals surface area contributed by atoms with Gasteiger partial charge >= 0.3 is 0 Å². The Morgan fingerprint density at radius 1 is 1.11 bits per heavy atom. The maximum absolute atomic E-state index is 11.9. The zero-order valence-corrected chi connectivity index (χ0v) is 10.2. The Hall–Kier alpha value is -2.69. The number of hydrogen-bond donors (Lipinski definition) is 2. The van der Waals surface area contributed by atoms with E-state index in [4.69, 9.17) is 5.73 Å². The molecule has 96 valence electrons. The van der Waals surface area contributed by atoms with Crippen molar-refractivity contribution in [2.45, 2.75) is 6.54 Å². The lowest BCUT2D eigenvalue weighted by Crippen LogP contribution is -2.23. The van der Waals surface area contributed by atoms with Crippen molar-refractivity contribution >= 4 is 11.8 Å². The van der Waals surface area contributed by atoms with Gasteiger partial charge in [-0.2, -0.15) is 0 Å². The SMILES string of the molecule is NC(=O)c1ccc(C(=O)NCc2cccnc2)cc1. The van der Waals surface area contributed by atoms with Crippen LogP contribution in [0.25, 0.3) is 0 Å². The second-order valence-electron chi connectivity index (χ2n) is 3.99. The van der Waals surface area contributed by atoms with Crippen LogP contribution in [0.3, 0.4) is 0 Å². The Labute approximate surface area is 110 Å². The normalized spacial score (nSPS) is 9.89. The lowest BCUT2D eigenvalue weighted by atomic mass is 10.1. The van der Waals surface area contributed by atoms with Gasteiger partial charge in [0.25, 0.3) is 5.91 Å². The minimum Gasteiger partial charge on any atom is -0.366 e. The van der Waals surface area contributed by atoms with Crippen LogP contribution in [-0.2, 0) is 6.54 Å². The third-order valence-electron chi connectivity index (χ3n) is 2.61. The van der Waals surface area contributed by atoms with Gasteiger partial charge in [0.15, 0.2) is 0 Å². The average Bonchev–Trinajstić information content (AvgIpc) is 2.46. The van der Waals surface area contributed by atoms with E-state index >= 15 is 0 Å². The van der Waals surface area contributed by atoms with Crippen molar-refractivity contribution in [2.75, 3.05) is 0 Å². The van der Waals surface area contributed by atoms with Crippen LogP contribution in [0.15, 0.2) is 48.8 Å². The van der Waals surface area contributed by atoms with Gasteiger partial charge in [0.2, 0.25) is 5.91 Å². The number of nitrogens with zero attached hydrogens (tertiary/aromatic N) is 1. The minimum absolute atomic E-state index is 0.208. The average molecular weight is 255 g/mol. The molecule has 0 radical (unpaired) electrons. The molecule has 0 aliphatic rings. The van der Waals surface area contributed by atoms with Crippen LogP contribution in [0.4, 0.5) is 0 Å². The van der Waals surface area contributed by atoms with Gasteiger partial charge in [-0.05, 0) is 35.9 Å². The minimum atomic E-state index is -0.512. The van der Waals surface area contributed by atoms with E-state index in [-0.39, 0.29) is 5.91 Å². The molecule has 0 unspecified atom stereocenters. The number of carbonyl (C=O) groups is 2. The number of nitrogens with one attached hydrogen (secondary N) is 1. The highest BCUT2D eigenvalue weighted by Gasteiger charge is 2.06. The van der Waals surface area contributed by atoms with Crippen LogP contribution < -0.4 is 11.1 Å². The van der Waals surface area contributed by atoms with Gasteiger partial charge in [-0.15, -0.1) is 0 Å². The molecule has 0 saturated carbocycles. The van der Waals surface area contributed by atoms with E-state index in [9.17, 15) is 9.59 Å². The van der Waals surface area contributed by atoms with Gasteiger partial charge in [-0.1, -0.05) is 6.07 Å². The van der Waals surface area contributed by atoms with Crippen LogP contribution in [0.5, 0.6) is 0 Å². The fourth-order valence-electron chi connectivity index (χ4n) is 1.57. The highest BCUT2D eigenvalue weighted by molar-refractivity contribution is 5.97. The first kappa shape index (κ1) is 12.8. The molecule has 0 fully saturated rings. The Balaban J connectivity index is 1.98. The van der Waals surface area contributed by atoms with Crippen molar-refractivity contribution in [1.29, 1.82) is 0 Å². The van der Waals surface area contributed by atoms with Crippen LogP contribution in [0.2, 0.25) is 0 Å². The summed E-state index contributed by atoms with van der Waals surface area (Å²) in [6.07, 6.45) is 3.37. The Bertz CT molecular complexity index is 579. The third-order valence-corrected chi connectivity index (χ3v) is 2.61. The van der Waals surface area contributed by atoms with Crippen molar-refractivity contribution in [3.8, 4) is 0 Å². The molecule has 1 aromatic heterocycles. The molecule has 0 bridgehead atoms. The highest BCUT2D eigenvalue weighted by Crippen LogP contribution is 2.04. The molecule has 0 saturated heterocycles. The predicted octanol–water partition coefficient (Wildman–Crippen LogP) is 1.11. The maximum Gasteiger partial charge on any atom is 0.251 e. The molecule has 2 rings (SSSR count). The van der Waals surface area contributed by atoms with E-state index < -0.39 is 5.91 Å². The fourth-order valence-corrected chi connectivity index (χ4v) is 1.57. The molecule has 5 nitrogen and oxygen atoms in total. The Kier molecular flexibility index (Phi) is 3.87. The van der Waals surface area contributed by atoms with Crippen molar-refractivity contribution in [1.82, 2.24) is 10.3 Å². The first-order valence-corrected chi connectivity index (χ1v) is 5.74. The molecule has 2 aromatic rings. The number of hydrogen-bond acceptors (Lipinski definition) is 3. The van der Waals surface area contributed by atoms with Crippen molar-refractivity contribution < 1.29 is 9.59 Å². The summed E-state index contributed by atoms with van der Waals surface area (Å²) in [4.78, 5) is 26.7. The molecule has 5 heteroatoms. The van der Waals surface area contributed by atoms with E-state index in [2.05, 4.69) is 10.3 Å². The Morgan fingerprint density at radius 3 is 2.37 bits per heavy atom. The number of aromatic nitrogens is 1. The topological polar surface area (TPSA) is 85.1 Å². The van der Waals surface area contributed by atoms with Gasteiger partial charge in [0.05, 0.1) is 0 Å². The molecule has 0 aliphatic heterocycles. The predicted molar refractivity (Wildman–Crippen MR) is 70.4 cm³/mol. The number of rotatable bonds is 4. The summed E-state index contributed by atoms with van der Waals surface area (Å²) in [6, 6.07) is 9.88. The smallest absolute Gasteiger partial charge is 0.251 e. The molecule has 0 aliphatic carbocycles. The van der Waals surface area contributed by atoms with Crippen LogP contribution >= 0.6 is 0 Å². The van der Waals surface area contributed by atoms with E-state index in [0.717, 1.165) is 5.56 Å². The van der Waals surface area contributed by atoms with Crippen LogP contribution in [0, 0.1) is 0 Å². The zero-order chi connectivity index (χ0) is 13.7. The number of nitrogens with two attached hydrogens (primary N) is 1. The summed E-state index contributed by atoms with van der Waals surface area (Å²) in [6.45, 7) is 0.407. The number of pyridine rings is 1. The number of amides is 2. The van der Waals surface area contributed by atoms with Crippen LogP contribution in [-0.4, -0.2) is 16.8 Å². The maximum atomic E-state index is 11.9. The third kappa shape index (κ3) is 3.38. The first-order valence-electron chi connectivity index (χ1n) is 5.74. The lowest BCUT2D eigenvalue weighted by Gasteiger charge is -2.05. The number of carbonyl (C=O) groups excluding carboxylic acids is 2. The van der Waals surface area contributed by atoms with Crippen LogP contribution in [0.1, 0.15) is 26.3 Å². The summed E-state index contributed by atoms with van der Waals surface area (Å²) in [5.74, 6) is -0.720. The van der Waals surface area contributed by atoms with Gasteiger partial charge in [0.1, 0.15) is 0 Å². The standard InChI is InChI=1S/C14H13N3O2/c15-13(18)11-3-5-12(6-4-11)14(19)17-9-10-2-1-7-16-8-10/h1-8H,9H2,(H2,15,18)(H,17,19). The quantitative estimate of drug-likeness (QED) is 0.858. The molecule has 2 amide bonds. The molecule has 0 atom stereocenters. The van der Waals surface area contributed by atoms with E-state index in [1.54, 1.807) is 24.5 Å². The van der Waals surface area contributed by atoms with Gasteiger partial charge in [0, 0.05) is 30.1 Å². The molecule has 1 heterocycles. The van der Waals surface area contributed by atoms with Gasteiger partial charge in [-0.3, -0.25) is 14.6 Å². The van der Waals surface area contributed by atoms with Crippen molar-refractivity contribution in [3.05, 3.63) is 65.5 Å².